The number of fused-ring (bicyclic) bond motifs is 7. The first-order chi connectivity index (χ1) is 35.6. The summed E-state index contributed by atoms with van der Waals surface area (Å²) in [5.74, 6) is 0.201. The summed E-state index contributed by atoms with van der Waals surface area (Å²) >= 11 is 0. The van der Waals surface area contributed by atoms with E-state index in [2.05, 4.69) is 33.4 Å². The Morgan fingerprint density at radius 1 is 0.627 bits per heavy atom. The topological polar surface area (TPSA) is 372 Å². The fraction of sp³-hybridized carbons (Fsp3) is 0.902. The number of Topliss-reactive ketones (excluding diaryl/α,β-unsaturated/α-hetero) is 1. The van der Waals surface area contributed by atoms with Gasteiger partial charge in [-0.05, 0) is 61.7 Å². The van der Waals surface area contributed by atoms with Crippen LogP contribution in [0.15, 0.2) is 23.8 Å². The van der Waals surface area contributed by atoms with E-state index in [-0.39, 0.29) is 46.9 Å². The molecule has 9 fully saturated rings. The molecule has 3 saturated carbocycles. The van der Waals surface area contributed by atoms with Crippen molar-refractivity contribution in [2.45, 2.75) is 213 Å². The third-order valence-corrected chi connectivity index (χ3v) is 19.5. The van der Waals surface area contributed by atoms with Crippen LogP contribution in [-0.2, 0) is 52.2 Å². The summed E-state index contributed by atoms with van der Waals surface area (Å²) < 4.78 is 61.0. The lowest BCUT2D eigenvalue weighted by Crippen LogP contribution is -2.68. The van der Waals surface area contributed by atoms with Crippen LogP contribution in [0.4, 0.5) is 0 Å². The van der Waals surface area contributed by atoms with E-state index in [1.165, 1.54) is 0 Å². The number of aliphatic hydroxyl groups is 13. The van der Waals surface area contributed by atoms with Crippen molar-refractivity contribution < 1.29 is 119 Å². The predicted molar refractivity (Wildman–Crippen MR) is 249 cm³/mol. The standard InChI is InChI=1S/C51H78O24/c1-19-7-10-51(66-18-19)20(2)32-26(75-51)12-25-23-6-5-21-11-22(8-9-49(21,3)24(23)13-31(56)50(25,32)4)67-45-41(65)38(62)42(30(17-55)71-45)72-48-44(74-47-40(64)37(61)34(58)28(15-53)69-47)43(35(59)29(16-54)70-48)73-46-39(63)36(60)33(57)27(14-52)68-46/h5,20,22-30,32-48,52-55,57-65H,1,6-18H2,2-4H3/t20-,22-,23+,24-,25-,26-,27+,28+,29+,30+,32-,33+,34+,35+,36-,37-,38+,39+,40+,41+,42-,43-,44+,45+,46-,47-,48-,49-,50+,51+/m0/s1. The average molecular weight is 1080 g/mol. The minimum absolute atomic E-state index is 0.0523. The van der Waals surface area contributed by atoms with Crippen LogP contribution < -0.4 is 0 Å². The maximum atomic E-state index is 14.7. The van der Waals surface area contributed by atoms with Crippen LogP contribution in [-0.4, -0.2) is 246 Å². The molecule has 0 bridgehead atoms. The number of hydrogen-bond donors (Lipinski definition) is 13. The molecule has 6 aliphatic heterocycles. The van der Waals surface area contributed by atoms with Crippen LogP contribution in [0.1, 0.15) is 72.1 Å². The molecule has 6 saturated heterocycles. The second kappa shape index (κ2) is 21.6. The van der Waals surface area contributed by atoms with E-state index in [1.54, 1.807) is 0 Å². The van der Waals surface area contributed by atoms with Crippen LogP contribution in [0.2, 0.25) is 0 Å². The minimum Gasteiger partial charge on any atom is -0.394 e. The van der Waals surface area contributed by atoms with E-state index in [9.17, 15) is 71.2 Å². The van der Waals surface area contributed by atoms with Crippen molar-refractivity contribution >= 4 is 5.78 Å². The first-order valence-electron chi connectivity index (χ1n) is 26.6. The van der Waals surface area contributed by atoms with Crippen LogP contribution >= 0.6 is 0 Å². The number of carbonyl (C=O) groups excluding carboxylic acids is 1. The second-order valence-corrected chi connectivity index (χ2v) is 23.3. The number of ether oxygens (including phenoxy) is 10. The van der Waals surface area contributed by atoms with Crippen molar-refractivity contribution in [3.8, 4) is 0 Å². The van der Waals surface area contributed by atoms with E-state index in [0.29, 0.717) is 32.3 Å². The third kappa shape index (κ3) is 9.44. The molecule has 4 aliphatic carbocycles. The van der Waals surface area contributed by atoms with E-state index < -0.39 is 167 Å². The molecular formula is C51H78O24. The van der Waals surface area contributed by atoms with E-state index in [4.69, 9.17) is 47.4 Å². The maximum absolute atomic E-state index is 14.7. The molecule has 10 aliphatic rings. The van der Waals surface area contributed by atoms with Gasteiger partial charge in [0.2, 0.25) is 0 Å². The summed E-state index contributed by atoms with van der Waals surface area (Å²) in [6.07, 6.45) is -29.5. The van der Waals surface area contributed by atoms with E-state index >= 15 is 0 Å². The van der Waals surface area contributed by atoms with Gasteiger partial charge in [0, 0.05) is 30.1 Å². The lowest BCUT2D eigenvalue weighted by atomic mass is 9.46. The summed E-state index contributed by atoms with van der Waals surface area (Å²) in [7, 11) is 0. The molecule has 10 rings (SSSR count). The monoisotopic (exact) mass is 1070 g/mol. The molecule has 0 radical (unpaired) electrons. The molecule has 75 heavy (non-hydrogen) atoms. The molecule has 24 nitrogen and oxygen atoms in total. The van der Waals surface area contributed by atoms with Crippen molar-refractivity contribution in [3.05, 3.63) is 23.8 Å². The quantitative estimate of drug-likeness (QED) is 0.0831. The Kier molecular flexibility index (Phi) is 16.3. The van der Waals surface area contributed by atoms with Gasteiger partial charge in [-0.2, -0.15) is 0 Å². The fourth-order valence-electron chi connectivity index (χ4n) is 15.1. The molecule has 30 atom stereocenters. The summed E-state index contributed by atoms with van der Waals surface area (Å²) in [6.45, 7) is 7.64. The summed E-state index contributed by atoms with van der Waals surface area (Å²) in [4.78, 5) is 14.7. The zero-order chi connectivity index (χ0) is 53.8. The molecule has 24 heteroatoms. The first kappa shape index (κ1) is 56.5. The van der Waals surface area contributed by atoms with Crippen molar-refractivity contribution in [1.82, 2.24) is 0 Å². The zero-order valence-electron chi connectivity index (χ0n) is 42.4. The molecule has 0 aromatic heterocycles. The molecule has 6 heterocycles. The Morgan fingerprint density at radius 3 is 1.77 bits per heavy atom. The highest BCUT2D eigenvalue weighted by Gasteiger charge is 2.71. The fourth-order valence-corrected chi connectivity index (χ4v) is 15.1. The molecule has 426 valence electrons. The lowest BCUT2D eigenvalue weighted by Gasteiger charge is -2.58. The Labute approximate surface area is 433 Å². The lowest BCUT2D eigenvalue weighted by molar-refractivity contribution is -0.406. The zero-order valence-corrected chi connectivity index (χ0v) is 42.4. The highest BCUT2D eigenvalue weighted by Crippen LogP contribution is 2.70. The van der Waals surface area contributed by atoms with Crippen molar-refractivity contribution in [3.63, 3.8) is 0 Å². The molecule has 1 spiro atoms. The van der Waals surface area contributed by atoms with Gasteiger partial charge in [-0.1, -0.05) is 44.6 Å². The van der Waals surface area contributed by atoms with Crippen LogP contribution in [0.3, 0.4) is 0 Å². The van der Waals surface area contributed by atoms with E-state index in [1.807, 2.05) is 0 Å². The number of rotatable bonds is 12. The van der Waals surface area contributed by atoms with Gasteiger partial charge in [0.1, 0.15) is 103 Å². The number of aliphatic hydroxyl groups excluding tert-OH is 13. The number of ketones is 1. The SMILES string of the molecule is C=C1CC[C@@]2(OC1)O[C@H]1C[C@H]3[C@@H]4CC=C5C[C@@H](O[C@@H]6O[C@H](CO)[C@H](O[C@@H]7O[C@H](CO)[C@@H](O)[C@H](O[C@@H]8O[C@H](CO)[C@@H](O)[C@H](O)[C@H]8O)[C@H]7O[C@@H]7O[C@H](CO)[C@@H](O)[C@H](O)[C@H]7O)[C@H](O)[C@H]6O)CC[C@]5(C)[C@H]4CC(=O)[C@]3(C)[C@H]1[C@@H]2C. The Hall–Kier alpha value is -1.77. The molecule has 13 N–H and O–H groups in total. The van der Waals surface area contributed by atoms with Gasteiger partial charge in [0.15, 0.2) is 30.9 Å². The normalized spacial score (nSPS) is 55.0. The Bertz CT molecular complexity index is 2070. The molecule has 0 amide bonds. The van der Waals surface area contributed by atoms with Crippen molar-refractivity contribution in [2.75, 3.05) is 33.0 Å². The summed E-state index contributed by atoms with van der Waals surface area (Å²) in [6, 6.07) is 0. The Balaban J connectivity index is 0.840. The van der Waals surface area contributed by atoms with Gasteiger partial charge in [-0.15, -0.1) is 0 Å². The van der Waals surface area contributed by atoms with Gasteiger partial charge >= 0.3 is 0 Å². The van der Waals surface area contributed by atoms with Crippen LogP contribution in [0.5, 0.6) is 0 Å². The predicted octanol–water partition coefficient (Wildman–Crippen LogP) is -3.89. The third-order valence-electron chi connectivity index (χ3n) is 19.5. The number of hydrogen-bond acceptors (Lipinski definition) is 24. The van der Waals surface area contributed by atoms with Gasteiger partial charge in [-0.25, -0.2) is 0 Å². The van der Waals surface area contributed by atoms with Crippen molar-refractivity contribution in [1.29, 1.82) is 0 Å². The van der Waals surface area contributed by atoms with Gasteiger partial charge < -0.3 is 114 Å². The molecule has 0 unspecified atom stereocenters. The van der Waals surface area contributed by atoms with Crippen LogP contribution in [0.25, 0.3) is 0 Å². The largest absolute Gasteiger partial charge is 0.394 e. The van der Waals surface area contributed by atoms with Gasteiger partial charge in [0.05, 0.1) is 45.2 Å². The number of carbonyl (C=O) groups is 1. The summed E-state index contributed by atoms with van der Waals surface area (Å²) in [5.41, 5.74) is 1.34. The van der Waals surface area contributed by atoms with Gasteiger partial charge in [-0.3, -0.25) is 4.79 Å². The van der Waals surface area contributed by atoms with E-state index in [0.717, 1.165) is 36.8 Å². The highest BCUT2D eigenvalue weighted by molar-refractivity contribution is 5.87. The minimum atomic E-state index is -2.06. The second-order valence-electron chi connectivity index (χ2n) is 23.3. The first-order valence-corrected chi connectivity index (χ1v) is 26.6. The smallest absolute Gasteiger partial charge is 0.187 e. The molecular weight excluding hydrogens is 997 g/mol. The molecule has 0 aromatic carbocycles. The average Bonchev–Trinajstić information content (AvgIpc) is 3.87. The van der Waals surface area contributed by atoms with Crippen molar-refractivity contribution in [2.24, 2.45) is 40.4 Å². The number of allylic oxidation sites excluding steroid dienone is 1. The maximum Gasteiger partial charge on any atom is 0.187 e. The highest BCUT2D eigenvalue weighted by atomic mass is 16.8. The van der Waals surface area contributed by atoms with Gasteiger partial charge in [0.25, 0.3) is 0 Å². The van der Waals surface area contributed by atoms with Crippen LogP contribution in [0, 0.1) is 40.4 Å². The molecule has 0 aromatic rings. The summed E-state index contributed by atoms with van der Waals surface area (Å²) in [5, 5.41) is 140. The Morgan fingerprint density at radius 2 is 1.17 bits per heavy atom.